The van der Waals surface area contributed by atoms with Crippen LogP contribution in [-0.2, 0) is 16.1 Å². The van der Waals surface area contributed by atoms with Gasteiger partial charge in [0.2, 0.25) is 0 Å². The first kappa shape index (κ1) is 27.1. The number of amides is 2. The van der Waals surface area contributed by atoms with Gasteiger partial charge in [0.25, 0.3) is 0 Å². The third-order valence-corrected chi connectivity index (χ3v) is 7.72. The van der Waals surface area contributed by atoms with Gasteiger partial charge in [-0.25, -0.2) is 9.59 Å². The molecule has 37 heavy (non-hydrogen) atoms. The fourth-order valence-corrected chi connectivity index (χ4v) is 5.65. The zero-order valence-electron chi connectivity index (χ0n) is 22.1. The van der Waals surface area contributed by atoms with Crippen molar-refractivity contribution in [2.24, 2.45) is 0 Å². The molecule has 0 radical (unpaired) electrons. The number of nitrogens with one attached hydrogen (secondary N) is 1. The van der Waals surface area contributed by atoms with Crippen LogP contribution in [0.1, 0.15) is 78.4 Å². The summed E-state index contributed by atoms with van der Waals surface area (Å²) in [5, 5.41) is 12.7. The smallest absolute Gasteiger partial charge is 0.336 e. The Kier molecular flexibility index (Phi) is 9.58. The first-order valence-electron chi connectivity index (χ1n) is 13.6. The van der Waals surface area contributed by atoms with E-state index in [9.17, 15) is 14.7 Å². The molecule has 2 N–H and O–H groups in total. The second-order valence-corrected chi connectivity index (χ2v) is 10.4. The minimum absolute atomic E-state index is 0.0381. The average Bonchev–Trinajstić information content (AvgIpc) is 3.41. The number of nitrogens with zero attached hydrogens (tertiary/aromatic N) is 1. The molecule has 0 saturated heterocycles. The Hall–Kier alpha value is -2.90. The SMILES string of the molecule is Cc1ccccc1NC(=O)N(CCO[C@@H]1CCC[C@H](OCc2cccc(C)c2C(=O)O)C1)C1CCCC1. The van der Waals surface area contributed by atoms with Crippen molar-refractivity contribution in [1.82, 2.24) is 4.90 Å². The summed E-state index contributed by atoms with van der Waals surface area (Å²) in [6.45, 7) is 5.16. The third kappa shape index (κ3) is 7.33. The van der Waals surface area contributed by atoms with Crippen LogP contribution in [0.4, 0.5) is 10.5 Å². The van der Waals surface area contributed by atoms with Crippen molar-refractivity contribution in [2.45, 2.75) is 90.1 Å². The molecule has 7 nitrogen and oxygen atoms in total. The fraction of sp³-hybridized carbons (Fsp3) is 0.533. The maximum absolute atomic E-state index is 13.2. The maximum Gasteiger partial charge on any atom is 0.336 e. The lowest BCUT2D eigenvalue weighted by molar-refractivity contribution is -0.0531. The summed E-state index contributed by atoms with van der Waals surface area (Å²) in [5.74, 6) is -0.917. The standard InChI is InChI=1S/C30H40N2O5/c1-21-9-3-6-16-27(21)31-30(35)32(24-12-4-5-13-24)17-18-36-25-14-8-15-26(19-25)37-20-23-11-7-10-22(2)28(23)29(33)34/h3,6-7,9-11,16,24-26H,4-5,8,12-15,17-20H2,1-2H3,(H,31,35)(H,33,34)/t25-,26+/m1/s1. The minimum atomic E-state index is -0.917. The number of carboxylic acid groups (broad SMARTS) is 1. The molecule has 0 aromatic heterocycles. The van der Waals surface area contributed by atoms with Crippen molar-refractivity contribution in [1.29, 1.82) is 0 Å². The Morgan fingerprint density at radius 2 is 1.62 bits per heavy atom. The van der Waals surface area contributed by atoms with E-state index in [1.807, 2.05) is 61.2 Å². The lowest BCUT2D eigenvalue weighted by Gasteiger charge is -2.32. The van der Waals surface area contributed by atoms with E-state index in [4.69, 9.17) is 9.47 Å². The number of carbonyl (C=O) groups excluding carboxylic acids is 1. The van der Waals surface area contributed by atoms with Crippen LogP contribution in [-0.4, -0.2) is 53.4 Å². The van der Waals surface area contributed by atoms with E-state index < -0.39 is 5.97 Å². The maximum atomic E-state index is 13.2. The van der Waals surface area contributed by atoms with Crippen molar-refractivity contribution in [3.05, 3.63) is 64.7 Å². The molecule has 0 unspecified atom stereocenters. The van der Waals surface area contributed by atoms with E-state index in [1.54, 1.807) is 0 Å². The fourth-order valence-electron chi connectivity index (χ4n) is 5.65. The number of carbonyl (C=O) groups is 2. The lowest BCUT2D eigenvalue weighted by atomic mass is 9.94. The van der Waals surface area contributed by atoms with Gasteiger partial charge in [0, 0.05) is 18.3 Å². The first-order valence-corrected chi connectivity index (χ1v) is 13.6. The molecule has 2 aliphatic rings. The highest BCUT2D eigenvalue weighted by Gasteiger charge is 2.28. The summed E-state index contributed by atoms with van der Waals surface area (Å²) < 4.78 is 12.4. The topological polar surface area (TPSA) is 88.1 Å². The number of carboxylic acids is 1. The van der Waals surface area contributed by atoms with Gasteiger partial charge >= 0.3 is 12.0 Å². The van der Waals surface area contributed by atoms with Crippen LogP contribution in [0.2, 0.25) is 0 Å². The van der Waals surface area contributed by atoms with E-state index in [0.717, 1.165) is 68.2 Å². The summed E-state index contributed by atoms with van der Waals surface area (Å²) in [6.07, 6.45) is 8.23. The average molecular weight is 509 g/mol. The van der Waals surface area contributed by atoms with Gasteiger partial charge in [-0.1, -0.05) is 49.2 Å². The number of rotatable bonds is 10. The molecule has 0 aliphatic heterocycles. The van der Waals surface area contributed by atoms with Crippen LogP contribution in [0.5, 0.6) is 0 Å². The highest BCUT2D eigenvalue weighted by molar-refractivity contribution is 5.91. The van der Waals surface area contributed by atoms with Crippen LogP contribution in [0.15, 0.2) is 42.5 Å². The zero-order chi connectivity index (χ0) is 26.2. The number of benzene rings is 2. The van der Waals surface area contributed by atoms with E-state index >= 15 is 0 Å². The van der Waals surface area contributed by atoms with Crippen molar-refractivity contribution < 1.29 is 24.2 Å². The zero-order valence-corrected chi connectivity index (χ0v) is 22.1. The van der Waals surface area contributed by atoms with Crippen molar-refractivity contribution >= 4 is 17.7 Å². The minimum Gasteiger partial charge on any atom is -0.478 e. The predicted octanol–water partition coefficient (Wildman–Crippen LogP) is 6.32. The number of urea groups is 1. The van der Waals surface area contributed by atoms with Crippen molar-refractivity contribution in [3.63, 3.8) is 0 Å². The van der Waals surface area contributed by atoms with Crippen LogP contribution in [0.25, 0.3) is 0 Å². The van der Waals surface area contributed by atoms with Gasteiger partial charge < -0.3 is 24.8 Å². The van der Waals surface area contributed by atoms with Gasteiger partial charge in [-0.05, 0) is 75.1 Å². The summed E-state index contributed by atoms with van der Waals surface area (Å²) in [6, 6.07) is 13.6. The predicted molar refractivity (Wildman–Crippen MR) is 144 cm³/mol. The lowest BCUT2D eigenvalue weighted by Crippen LogP contribution is -2.44. The summed E-state index contributed by atoms with van der Waals surface area (Å²) >= 11 is 0. The van der Waals surface area contributed by atoms with Crippen LogP contribution < -0.4 is 5.32 Å². The Balaban J connectivity index is 1.28. The molecule has 200 valence electrons. The number of aromatic carboxylic acids is 1. The second kappa shape index (κ2) is 13.1. The number of hydrogen-bond acceptors (Lipinski definition) is 4. The van der Waals surface area contributed by atoms with E-state index in [1.165, 1.54) is 0 Å². The molecule has 2 atom stereocenters. The summed E-state index contributed by atoms with van der Waals surface area (Å²) in [4.78, 5) is 26.8. The van der Waals surface area contributed by atoms with Crippen LogP contribution >= 0.6 is 0 Å². The summed E-state index contributed by atoms with van der Waals surface area (Å²) in [5.41, 5.74) is 3.69. The quantitative estimate of drug-likeness (QED) is 0.392. The second-order valence-electron chi connectivity index (χ2n) is 10.4. The normalized spacial score (nSPS) is 20.1. The van der Waals surface area contributed by atoms with Crippen LogP contribution in [0, 0.1) is 13.8 Å². The van der Waals surface area contributed by atoms with Crippen molar-refractivity contribution in [2.75, 3.05) is 18.5 Å². The molecular formula is C30H40N2O5. The molecule has 0 bridgehead atoms. The first-order chi connectivity index (χ1) is 17.9. The molecule has 0 heterocycles. The molecule has 0 spiro atoms. The number of ether oxygens (including phenoxy) is 2. The van der Waals surface area contributed by atoms with Gasteiger partial charge in [-0.3, -0.25) is 0 Å². The molecule has 2 fully saturated rings. The highest BCUT2D eigenvalue weighted by Crippen LogP contribution is 2.27. The largest absolute Gasteiger partial charge is 0.478 e. The molecule has 2 aromatic rings. The molecule has 2 saturated carbocycles. The Labute approximate surface area is 220 Å². The molecule has 2 amide bonds. The molecule has 2 aliphatic carbocycles. The third-order valence-electron chi connectivity index (χ3n) is 7.72. The molecular weight excluding hydrogens is 468 g/mol. The number of anilines is 1. The Bertz CT molecular complexity index is 1070. The monoisotopic (exact) mass is 508 g/mol. The van der Waals surface area contributed by atoms with Gasteiger partial charge in [0.1, 0.15) is 0 Å². The van der Waals surface area contributed by atoms with Gasteiger partial charge in [-0.2, -0.15) is 0 Å². The van der Waals surface area contributed by atoms with E-state index in [-0.39, 0.29) is 30.9 Å². The number of hydrogen-bond donors (Lipinski definition) is 2. The summed E-state index contributed by atoms with van der Waals surface area (Å²) in [7, 11) is 0. The molecule has 7 heteroatoms. The van der Waals surface area contributed by atoms with Crippen molar-refractivity contribution in [3.8, 4) is 0 Å². The van der Waals surface area contributed by atoms with Gasteiger partial charge in [-0.15, -0.1) is 0 Å². The van der Waals surface area contributed by atoms with Crippen LogP contribution in [0.3, 0.4) is 0 Å². The van der Waals surface area contributed by atoms with E-state index in [2.05, 4.69) is 5.32 Å². The van der Waals surface area contributed by atoms with Gasteiger partial charge in [0.15, 0.2) is 0 Å². The molecule has 4 rings (SSSR count). The molecule has 2 aromatic carbocycles. The highest BCUT2D eigenvalue weighted by atomic mass is 16.5. The van der Waals surface area contributed by atoms with Gasteiger partial charge in [0.05, 0.1) is 31.0 Å². The number of para-hydroxylation sites is 1. The number of aryl methyl sites for hydroxylation is 2. The Morgan fingerprint density at radius 3 is 2.35 bits per heavy atom. The Morgan fingerprint density at radius 1 is 0.919 bits per heavy atom. The van der Waals surface area contributed by atoms with E-state index in [0.29, 0.717) is 24.3 Å².